The van der Waals surface area contributed by atoms with Crippen molar-refractivity contribution >= 4 is 17.7 Å². The van der Waals surface area contributed by atoms with Gasteiger partial charge < -0.3 is 20.4 Å². The molecule has 1 aromatic carbocycles. The minimum Gasteiger partial charge on any atom is -0.619 e. The number of hydrogen-bond acceptors (Lipinski definition) is 6. The summed E-state index contributed by atoms with van der Waals surface area (Å²) in [5, 5.41) is 29.2. The fraction of sp³-hybridized carbons (Fsp3) is 0.273. The molecule has 3 aromatic rings. The Labute approximate surface area is 181 Å². The van der Waals surface area contributed by atoms with Crippen molar-refractivity contribution < 1.29 is 28.6 Å². The number of nitrogens with one attached hydrogen (secondary N) is 1. The van der Waals surface area contributed by atoms with Gasteiger partial charge in [0.25, 0.3) is 5.91 Å². The zero-order valence-corrected chi connectivity index (χ0v) is 16.8. The number of rotatable bonds is 3. The number of carbonyl (C=O) groups excluding carboxylic acids is 2. The maximum absolute atomic E-state index is 14.0. The van der Waals surface area contributed by atoms with Crippen molar-refractivity contribution in [2.75, 3.05) is 5.32 Å². The number of nitrogens with zero attached hydrogens (tertiary/aromatic N) is 3. The molecule has 1 spiro atoms. The van der Waals surface area contributed by atoms with Gasteiger partial charge in [0.05, 0.1) is 0 Å². The van der Waals surface area contributed by atoms with Crippen LogP contribution < -0.4 is 10.0 Å². The topological polar surface area (TPSA) is 120 Å². The number of hydrogen-bond donors (Lipinski definition) is 2. The van der Waals surface area contributed by atoms with Gasteiger partial charge in [-0.3, -0.25) is 4.79 Å². The maximum atomic E-state index is 14.0. The number of esters is 1. The molecule has 9 nitrogen and oxygen atoms in total. The van der Waals surface area contributed by atoms with Crippen LogP contribution in [0.1, 0.15) is 41.6 Å². The van der Waals surface area contributed by atoms with Crippen molar-refractivity contribution in [3.8, 4) is 5.69 Å². The minimum atomic E-state index is -1.69. The van der Waals surface area contributed by atoms with Gasteiger partial charge in [0.15, 0.2) is 18.2 Å². The number of amides is 1. The number of fused-ring (bicyclic) bond motifs is 2. The fourth-order valence-corrected chi connectivity index (χ4v) is 4.39. The quantitative estimate of drug-likeness (QED) is 0.366. The highest BCUT2D eigenvalue weighted by Crippen LogP contribution is 2.49. The second kappa shape index (κ2) is 7.13. The predicted molar refractivity (Wildman–Crippen MR) is 108 cm³/mol. The monoisotopic (exact) mass is 438 g/mol. The first-order chi connectivity index (χ1) is 15.3. The lowest BCUT2D eigenvalue weighted by Crippen LogP contribution is -2.49. The van der Waals surface area contributed by atoms with Crippen LogP contribution in [0.2, 0.25) is 0 Å². The van der Waals surface area contributed by atoms with Gasteiger partial charge >= 0.3 is 5.97 Å². The second-order valence-corrected chi connectivity index (χ2v) is 8.10. The third kappa shape index (κ3) is 3.19. The Bertz CT molecular complexity index is 1230. The van der Waals surface area contributed by atoms with Crippen LogP contribution in [0, 0.1) is 11.0 Å². The Morgan fingerprint density at radius 2 is 1.97 bits per heavy atom. The highest BCUT2D eigenvalue weighted by Gasteiger charge is 2.53. The average molecular weight is 438 g/mol. The van der Waals surface area contributed by atoms with Crippen LogP contribution in [0.4, 0.5) is 10.2 Å². The third-order valence-corrected chi connectivity index (χ3v) is 6.17. The van der Waals surface area contributed by atoms with E-state index in [9.17, 15) is 24.3 Å². The average Bonchev–Trinajstić information content (AvgIpc) is 3.33. The smallest absolute Gasteiger partial charge is 0.345 e. The molecular weight excluding hydrogens is 419 g/mol. The number of para-hydroxylation sites is 1. The maximum Gasteiger partial charge on any atom is 0.345 e. The molecule has 1 amide bonds. The van der Waals surface area contributed by atoms with Crippen molar-refractivity contribution in [2.24, 2.45) is 0 Å². The summed E-state index contributed by atoms with van der Waals surface area (Å²) in [5.74, 6) is -1.51. The van der Waals surface area contributed by atoms with Crippen LogP contribution in [-0.4, -0.2) is 32.4 Å². The first-order valence-corrected chi connectivity index (χ1v) is 10.1. The van der Waals surface area contributed by atoms with E-state index in [1.54, 1.807) is 24.3 Å². The van der Waals surface area contributed by atoms with E-state index in [0.29, 0.717) is 10.3 Å². The van der Waals surface area contributed by atoms with Gasteiger partial charge in [-0.15, -0.1) is 5.10 Å². The number of anilines is 1. The molecule has 1 aliphatic heterocycles. The van der Waals surface area contributed by atoms with Crippen molar-refractivity contribution in [3.63, 3.8) is 0 Å². The van der Waals surface area contributed by atoms with Gasteiger partial charge in [-0.05, 0) is 37.8 Å². The number of ether oxygens (including phenoxy) is 1. The first kappa shape index (κ1) is 20.1. The van der Waals surface area contributed by atoms with Gasteiger partial charge in [0.2, 0.25) is 0 Å². The summed E-state index contributed by atoms with van der Waals surface area (Å²) in [6.07, 6.45) is 4.51. The summed E-state index contributed by atoms with van der Waals surface area (Å²) >= 11 is 0. The molecule has 2 aliphatic rings. The van der Waals surface area contributed by atoms with Gasteiger partial charge in [-0.2, -0.15) is 4.73 Å². The summed E-state index contributed by atoms with van der Waals surface area (Å²) in [6.45, 7) is 0. The molecule has 32 heavy (non-hydrogen) atoms. The van der Waals surface area contributed by atoms with E-state index in [4.69, 9.17) is 4.74 Å². The summed E-state index contributed by atoms with van der Waals surface area (Å²) in [4.78, 5) is 25.0. The number of halogens is 1. The molecule has 10 heteroatoms. The number of aliphatic hydroxyl groups is 1. The van der Waals surface area contributed by atoms with Crippen LogP contribution >= 0.6 is 0 Å². The molecule has 0 saturated heterocycles. The van der Waals surface area contributed by atoms with Crippen LogP contribution in [-0.2, 0) is 15.1 Å². The van der Waals surface area contributed by atoms with E-state index in [-0.39, 0.29) is 42.8 Å². The van der Waals surface area contributed by atoms with E-state index < -0.39 is 28.9 Å². The van der Waals surface area contributed by atoms with Gasteiger partial charge in [0, 0.05) is 23.9 Å². The van der Waals surface area contributed by atoms with E-state index >= 15 is 0 Å². The minimum absolute atomic E-state index is 0.0475. The Balaban J connectivity index is 1.30. The summed E-state index contributed by atoms with van der Waals surface area (Å²) in [7, 11) is 0. The van der Waals surface area contributed by atoms with Crippen molar-refractivity contribution in [3.05, 3.63) is 77.1 Å². The standard InChI is InChI=1S/C22H19FN4O5/c23-16-3-1-2-4-17(16)27-12-6-18(25-27)24-20(29)21(30)7-9-22(10-8-21)15-5-11-26(31)13-14(15)19(28)32-22/h1-6,11-13,30H,7-10H2,(H,24,25,29). The lowest BCUT2D eigenvalue weighted by molar-refractivity contribution is -0.605. The van der Waals surface area contributed by atoms with Crippen LogP contribution in [0.3, 0.4) is 0 Å². The number of pyridine rings is 1. The Morgan fingerprint density at radius 1 is 1.22 bits per heavy atom. The van der Waals surface area contributed by atoms with E-state index in [0.717, 1.165) is 0 Å². The van der Waals surface area contributed by atoms with E-state index in [1.807, 2.05) is 0 Å². The summed E-state index contributed by atoms with van der Waals surface area (Å²) in [5.41, 5.74) is -1.61. The molecule has 0 unspecified atom stereocenters. The molecule has 3 heterocycles. The van der Waals surface area contributed by atoms with Crippen molar-refractivity contribution in [1.29, 1.82) is 0 Å². The molecule has 0 radical (unpaired) electrons. The predicted octanol–water partition coefficient (Wildman–Crippen LogP) is 1.95. The van der Waals surface area contributed by atoms with Crippen LogP contribution in [0.25, 0.3) is 5.69 Å². The second-order valence-electron chi connectivity index (χ2n) is 8.10. The molecule has 2 N–H and O–H groups in total. The van der Waals surface area contributed by atoms with Crippen LogP contribution in [0.15, 0.2) is 55.0 Å². The summed E-state index contributed by atoms with van der Waals surface area (Å²) < 4.78 is 21.4. The Hall–Kier alpha value is -3.79. The zero-order valence-electron chi connectivity index (χ0n) is 16.8. The van der Waals surface area contributed by atoms with Gasteiger partial charge in [-0.25, -0.2) is 13.9 Å². The molecule has 1 fully saturated rings. The first-order valence-electron chi connectivity index (χ1n) is 10.1. The van der Waals surface area contributed by atoms with Crippen molar-refractivity contribution in [2.45, 2.75) is 36.9 Å². The Kier molecular flexibility index (Phi) is 4.48. The van der Waals surface area contributed by atoms with E-state index in [2.05, 4.69) is 10.4 Å². The number of aromatic nitrogens is 3. The Morgan fingerprint density at radius 3 is 2.72 bits per heavy atom. The van der Waals surface area contributed by atoms with Crippen molar-refractivity contribution in [1.82, 2.24) is 9.78 Å². The molecule has 5 rings (SSSR count). The molecular formula is C22H19FN4O5. The SMILES string of the molecule is O=C1OC2(CCC(O)(C(=O)Nc3ccn(-c4ccccc4F)n3)CC2)c2cc[n+]([O-])cc21. The fourth-order valence-electron chi connectivity index (χ4n) is 4.39. The molecule has 2 aromatic heterocycles. The molecule has 164 valence electrons. The van der Waals surface area contributed by atoms with Gasteiger partial charge in [-0.1, -0.05) is 12.1 Å². The van der Waals surface area contributed by atoms with E-state index in [1.165, 1.54) is 35.4 Å². The van der Waals surface area contributed by atoms with Gasteiger partial charge in [0.1, 0.15) is 28.3 Å². The molecule has 0 bridgehead atoms. The molecule has 1 saturated carbocycles. The number of benzene rings is 1. The highest BCUT2D eigenvalue weighted by molar-refractivity contribution is 5.97. The largest absolute Gasteiger partial charge is 0.619 e. The van der Waals surface area contributed by atoms with Crippen LogP contribution in [0.5, 0.6) is 0 Å². The highest BCUT2D eigenvalue weighted by atomic mass is 19.1. The third-order valence-electron chi connectivity index (χ3n) is 6.17. The zero-order chi connectivity index (χ0) is 22.5. The molecule has 0 atom stereocenters. The normalized spacial score (nSPS) is 24.2. The number of carbonyl (C=O) groups is 2. The lowest BCUT2D eigenvalue weighted by atomic mass is 9.72. The molecule has 1 aliphatic carbocycles. The summed E-state index contributed by atoms with van der Waals surface area (Å²) in [6, 6.07) is 9.15. The lowest BCUT2D eigenvalue weighted by Gasteiger charge is -2.40.